The molecule has 1 heterocycles. The highest BCUT2D eigenvalue weighted by Gasteiger charge is 2.17. The Hall–Kier alpha value is -3.81. The van der Waals surface area contributed by atoms with Crippen molar-refractivity contribution in [2.24, 2.45) is 0 Å². The van der Waals surface area contributed by atoms with Crippen LogP contribution in [-0.2, 0) is 4.74 Å². The van der Waals surface area contributed by atoms with Crippen molar-refractivity contribution in [3.05, 3.63) is 65.4 Å². The first-order valence-corrected chi connectivity index (χ1v) is 8.43. The second kappa shape index (κ2) is 7.83. The molecule has 0 saturated heterocycles. The molecule has 144 valence electrons. The smallest absolute Gasteiger partial charge is 0.343 e. The van der Waals surface area contributed by atoms with E-state index in [0.717, 1.165) is 5.56 Å². The lowest BCUT2D eigenvalue weighted by Gasteiger charge is -2.11. The van der Waals surface area contributed by atoms with Crippen LogP contribution >= 0.6 is 0 Å². The number of esters is 1. The van der Waals surface area contributed by atoms with Gasteiger partial charge in [0.2, 0.25) is 0 Å². The van der Waals surface area contributed by atoms with E-state index in [0.29, 0.717) is 22.7 Å². The quantitative estimate of drug-likeness (QED) is 0.659. The van der Waals surface area contributed by atoms with Gasteiger partial charge in [-0.25, -0.2) is 9.48 Å². The summed E-state index contributed by atoms with van der Waals surface area (Å²) in [5.41, 5.74) is 8.80. The Labute approximate surface area is 161 Å². The van der Waals surface area contributed by atoms with Crippen LogP contribution in [0, 0.1) is 6.92 Å². The zero-order chi connectivity index (χ0) is 20.3. The minimum atomic E-state index is -0.563. The first-order chi connectivity index (χ1) is 13.4. The van der Waals surface area contributed by atoms with Crippen LogP contribution in [0.25, 0.3) is 5.69 Å². The normalized spacial score (nSPS) is 10.4. The lowest BCUT2D eigenvalue weighted by atomic mass is 10.1. The summed E-state index contributed by atoms with van der Waals surface area (Å²) in [6.07, 6.45) is 1.34. The second-order valence-corrected chi connectivity index (χ2v) is 6.05. The van der Waals surface area contributed by atoms with Gasteiger partial charge < -0.3 is 20.5 Å². The fraction of sp³-hybridized carbons (Fsp3) is 0.150. The zero-order valence-corrected chi connectivity index (χ0v) is 15.7. The third-order valence-electron chi connectivity index (χ3n) is 4.19. The maximum absolute atomic E-state index is 12.6. The molecule has 0 bridgehead atoms. The van der Waals surface area contributed by atoms with Crippen molar-refractivity contribution in [3.63, 3.8) is 0 Å². The summed E-state index contributed by atoms with van der Waals surface area (Å²) in [4.78, 5) is 24.2. The Kier molecular flexibility index (Phi) is 5.30. The average Bonchev–Trinajstić information content (AvgIpc) is 3.09. The summed E-state index contributed by atoms with van der Waals surface area (Å²) in [7, 11) is 2.82. The molecule has 0 radical (unpaired) electrons. The fourth-order valence-corrected chi connectivity index (χ4v) is 2.70. The van der Waals surface area contributed by atoms with Crippen molar-refractivity contribution < 1.29 is 19.1 Å². The molecule has 0 atom stereocenters. The summed E-state index contributed by atoms with van der Waals surface area (Å²) in [5, 5.41) is 6.95. The van der Waals surface area contributed by atoms with Gasteiger partial charge in [0, 0.05) is 5.56 Å². The molecule has 2 aromatic carbocycles. The number of carbonyl (C=O) groups excluding carboxylic acids is 2. The summed E-state index contributed by atoms with van der Waals surface area (Å²) in [6, 6.07) is 12.2. The Morgan fingerprint density at radius 1 is 1.11 bits per heavy atom. The summed E-state index contributed by atoms with van der Waals surface area (Å²) in [5.74, 6) is -0.102. The maximum Gasteiger partial charge on any atom is 0.343 e. The highest BCUT2D eigenvalue weighted by Crippen LogP contribution is 2.26. The van der Waals surface area contributed by atoms with Gasteiger partial charge in [0.1, 0.15) is 17.1 Å². The molecule has 0 spiro atoms. The largest absolute Gasteiger partial charge is 0.495 e. The van der Waals surface area contributed by atoms with Gasteiger partial charge in [-0.2, -0.15) is 5.10 Å². The lowest BCUT2D eigenvalue weighted by Crippen LogP contribution is -2.13. The van der Waals surface area contributed by atoms with Crippen molar-refractivity contribution >= 4 is 23.4 Å². The molecule has 1 amide bonds. The highest BCUT2D eigenvalue weighted by molar-refractivity contribution is 6.05. The number of carbonyl (C=O) groups is 2. The molecule has 8 nitrogen and oxygen atoms in total. The van der Waals surface area contributed by atoms with E-state index in [1.165, 1.54) is 18.0 Å². The third-order valence-corrected chi connectivity index (χ3v) is 4.19. The monoisotopic (exact) mass is 380 g/mol. The van der Waals surface area contributed by atoms with Crippen molar-refractivity contribution in [1.82, 2.24) is 9.78 Å². The van der Waals surface area contributed by atoms with Crippen LogP contribution in [0.1, 0.15) is 26.3 Å². The molecule has 0 saturated carbocycles. The molecule has 3 aromatic rings. The van der Waals surface area contributed by atoms with Crippen molar-refractivity contribution in [1.29, 1.82) is 0 Å². The van der Waals surface area contributed by atoms with Crippen LogP contribution in [0.3, 0.4) is 0 Å². The molecule has 0 aliphatic heterocycles. The first-order valence-electron chi connectivity index (χ1n) is 8.43. The van der Waals surface area contributed by atoms with E-state index in [1.807, 2.05) is 19.1 Å². The number of nitrogens with zero attached hydrogens (tertiary/aromatic N) is 2. The number of benzene rings is 2. The minimum absolute atomic E-state index is 0.161. The van der Waals surface area contributed by atoms with Crippen molar-refractivity contribution in [2.75, 3.05) is 25.3 Å². The van der Waals surface area contributed by atoms with Crippen LogP contribution in [-0.4, -0.2) is 35.9 Å². The van der Waals surface area contributed by atoms with E-state index in [1.54, 1.807) is 37.4 Å². The molecule has 28 heavy (non-hydrogen) atoms. The number of anilines is 2. The number of hydrogen-bond donors (Lipinski definition) is 2. The summed E-state index contributed by atoms with van der Waals surface area (Å²) >= 11 is 0. The Morgan fingerprint density at radius 2 is 1.82 bits per heavy atom. The Morgan fingerprint density at radius 3 is 2.46 bits per heavy atom. The number of ether oxygens (including phenoxy) is 2. The molecular weight excluding hydrogens is 360 g/mol. The van der Waals surface area contributed by atoms with Crippen molar-refractivity contribution in [3.8, 4) is 11.4 Å². The molecule has 0 aliphatic carbocycles. The molecule has 0 aliphatic rings. The number of hydrogen-bond acceptors (Lipinski definition) is 6. The van der Waals surface area contributed by atoms with E-state index >= 15 is 0 Å². The molecule has 1 aromatic heterocycles. The molecular formula is C20H20N4O4. The van der Waals surface area contributed by atoms with Crippen LogP contribution in [0.4, 0.5) is 11.5 Å². The van der Waals surface area contributed by atoms with Gasteiger partial charge in [-0.15, -0.1) is 0 Å². The minimum Gasteiger partial charge on any atom is -0.495 e. The molecule has 0 unspecified atom stereocenters. The van der Waals surface area contributed by atoms with Gasteiger partial charge in [-0.05, 0) is 48.9 Å². The van der Waals surface area contributed by atoms with Gasteiger partial charge in [0.25, 0.3) is 5.91 Å². The van der Waals surface area contributed by atoms with Crippen LogP contribution < -0.4 is 15.8 Å². The number of nitrogen functional groups attached to an aromatic ring is 1. The summed E-state index contributed by atoms with van der Waals surface area (Å²) < 4.78 is 11.3. The van der Waals surface area contributed by atoms with Crippen molar-refractivity contribution in [2.45, 2.75) is 6.92 Å². The van der Waals surface area contributed by atoms with E-state index in [-0.39, 0.29) is 17.3 Å². The number of rotatable bonds is 5. The van der Waals surface area contributed by atoms with E-state index in [9.17, 15) is 9.59 Å². The van der Waals surface area contributed by atoms with E-state index < -0.39 is 5.97 Å². The Bertz CT molecular complexity index is 1030. The molecule has 0 fully saturated rings. The van der Waals surface area contributed by atoms with Crippen LogP contribution in [0.2, 0.25) is 0 Å². The van der Waals surface area contributed by atoms with Gasteiger partial charge in [0.05, 0.1) is 31.8 Å². The number of amides is 1. The second-order valence-electron chi connectivity index (χ2n) is 6.05. The number of aryl methyl sites for hydroxylation is 1. The number of nitrogens with one attached hydrogen (secondary N) is 1. The van der Waals surface area contributed by atoms with Gasteiger partial charge >= 0.3 is 5.97 Å². The van der Waals surface area contributed by atoms with Gasteiger partial charge in [-0.3, -0.25) is 4.79 Å². The lowest BCUT2D eigenvalue weighted by molar-refractivity contribution is 0.0602. The fourth-order valence-electron chi connectivity index (χ4n) is 2.70. The van der Waals surface area contributed by atoms with Crippen LogP contribution in [0.15, 0.2) is 48.7 Å². The number of methoxy groups -OCH3 is 2. The van der Waals surface area contributed by atoms with E-state index in [4.69, 9.17) is 10.5 Å². The van der Waals surface area contributed by atoms with E-state index in [2.05, 4.69) is 15.2 Å². The highest BCUT2D eigenvalue weighted by atomic mass is 16.5. The summed E-state index contributed by atoms with van der Waals surface area (Å²) in [6.45, 7) is 1.93. The first kappa shape index (κ1) is 19.0. The predicted molar refractivity (Wildman–Crippen MR) is 105 cm³/mol. The molecule has 8 heteroatoms. The maximum atomic E-state index is 12.6. The predicted octanol–water partition coefficient (Wildman–Crippen LogP) is 2.81. The topological polar surface area (TPSA) is 108 Å². The third kappa shape index (κ3) is 3.66. The number of nitrogens with two attached hydrogens (primary N) is 1. The zero-order valence-electron chi connectivity index (χ0n) is 15.7. The molecule has 3 N–H and O–H groups in total. The van der Waals surface area contributed by atoms with Crippen LogP contribution in [0.5, 0.6) is 5.75 Å². The molecule has 3 rings (SSSR count). The number of aromatic nitrogens is 2. The Balaban J connectivity index is 1.81. The van der Waals surface area contributed by atoms with Gasteiger partial charge in [0.15, 0.2) is 0 Å². The SMILES string of the molecule is COC(=O)c1cnn(-c2ccc(C(=O)Nc3cc(C)ccc3OC)cc2)c1N. The average molecular weight is 380 g/mol. The van der Waals surface area contributed by atoms with Gasteiger partial charge in [-0.1, -0.05) is 6.07 Å². The standard InChI is InChI=1S/C20H20N4O4/c1-12-4-9-17(27-2)16(10-12)23-19(25)13-5-7-14(8-6-13)24-18(21)15(11-22-24)20(26)28-3/h4-11H,21H2,1-3H3,(H,23,25).